The molecule has 100 valence electrons. The van der Waals surface area contributed by atoms with E-state index in [0.717, 1.165) is 29.0 Å². The van der Waals surface area contributed by atoms with Crippen LogP contribution in [0.15, 0.2) is 34.7 Å². The number of hydrogen-bond acceptors (Lipinski definition) is 2. The zero-order valence-corrected chi connectivity index (χ0v) is 11.0. The molecule has 1 aliphatic rings. The number of aromatic carboxylic acids is 1. The van der Waals surface area contributed by atoms with Gasteiger partial charge in [0.15, 0.2) is 0 Å². The summed E-state index contributed by atoms with van der Waals surface area (Å²) >= 11 is 0. The van der Waals surface area contributed by atoms with E-state index in [1.807, 2.05) is 12.1 Å². The van der Waals surface area contributed by atoms with Gasteiger partial charge in [-0.2, -0.15) is 0 Å². The van der Waals surface area contributed by atoms with Crippen LogP contribution < -0.4 is 0 Å². The molecule has 0 bridgehead atoms. The lowest BCUT2D eigenvalue weighted by atomic mass is 9.89. The van der Waals surface area contributed by atoms with Crippen LogP contribution in [0.5, 0.6) is 0 Å². The Morgan fingerprint density at radius 2 is 1.70 bits per heavy atom. The van der Waals surface area contributed by atoms with E-state index in [2.05, 4.69) is 12.1 Å². The first kappa shape index (κ1) is 11.5. The Hall–Kier alpha value is -2.29. The van der Waals surface area contributed by atoms with Crippen LogP contribution in [0.25, 0.3) is 21.7 Å². The van der Waals surface area contributed by atoms with Crippen molar-refractivity contribution in [1.29, 1.82) is 0 Å². The number of carboxylic acids is 1. The van der Waals surface area contributed by atoms with Crippen LogP contribution in [0.2, 0.25) is 0 Å². The third-order valence-electron chi connectivity index (χ3n) is 4.17. The van der Waals surface area contributed by atoms with E-state index < -0.39 is 5.97 Å². The number of rotatable bonds is 1. The van der Waals surface area contributed by atoms with Gasteiger partial charge in [0.2, 0.25) is 5.76 Å². The third kappa shape index (κ3) is 1.63. The monoisotopic (exact) mass is 266 g/mol. The number of aryl methyl sites for hydroxylation is 2. The predicted molar refractivity (Wildman–Crippen MR) is 77.3 cm³/mol. The van der Waals surface area contributed by atoms with Crippen molar-refractivity contribution in [3.8, 4) is 0 Å². The van der Waals surface area contributed by atoms with Gasteiger partial charge in [-0.3, -0.25) is 0 Å². The van der Waals surface area contributed by atoms with E-state index in [1.165, 1.54) is 24.0 Å². The van der Waals surface area contributed by atoms with Crippen LogP contribution in [0.4, 0.5) is 0 Å². The maximum absolute atomic E-state index is 11.0. The van der Waals surface area contributed by atoms with Crippen molar-refractivity contribution in [2.75, 3.05) is 0 Å². The molecule has 3 aromatic rings. The lowest BCUT2D eigenvalue weighted by molar-refractivity contribution is 0.0665. The van der Waals surface area contributed by atoms with E-state index >= 15 is 0 Å². The summed E-state index contributed by atoms with van der Waals surface area (Å²) in [6.45, 7) is 0. The summed E-state index contributed by atoms with van der Waals surface area (Å²) in [5, 5.41) is 12.1. The third-order valence-corrected chi connectivity index (χ3v) is 4.17. The summed E-state index contributed by atoms with van der Waals surface area (Å²) in [7, 11) is 0. The molecule has 0 atom stereocenters. The number of fused-ring (bicyclic) bond motifs is 4. The van der Waals surface area contributed by atoms with Gasteiger partial charge in [-0.1, -0.05) is 18.2 Å². The molecule has 0 saturated carbocycles. The van der Waals surface area contributed by atoms with Crippen LogP contribution in [0.1, 0.15) is 34.5 Å². The van der Waals surface area contributed by atoms with Crippen LogP contribution in [-0.4, -0.2) is 11.1 Å². The smallest absolute Gasteiger partial charge is 0.371 e. The molecular formula is C17H14O3. The number of hydrogen-bond donors (Lipinski definition) is 1. The SMILES string of the molecule is O=C(O)c1cc2ccc3cc4c(cc3c2o1)CCCC4. The number of carbonyl (C=O) groups is 1. The second-order valence-electron chi connectivity index (χ2n) is 5.45. The molecule has 1 N–H and O–H groups in total. The number of carboxylic acid groups (broad SMARTS) is 1. The first-order chi connectivity index (χ1) is 9.72. The van der Waals surface area contributed by atoms with Gasteiger partial charge < -0.3 is 9.52 Å². The fourth-order valence-electron chi connectivity index (χ4n) is 3.16. The fraction of sp³-hybridized carbons (Fsp3) is 0.235. The summed E-state index contributed by atoms with van der Waals surface area (Å²) in [6.07, 6.45) is 4.73. The minimum atomic E-state index is -1.02. The van der Waals surface area contributed by atoms with Crippen molar-refractivity contribution in [3.05, 3.63) is 47.2 Å². The highest BCUT2D eigenvalue weighted by atomic mass is 16.4. The van der Waals surface area contributed by atoms with Crippen LogP contribution in [0.3, 0.4) is 0 Å². The first-order valence-corrected chi connectivity index (χ1v) is 6.94. The Kier molecular flexibility index (Phi) is 2.36. The van der Waals surface area contributed by atoms with Crippen LogP contribution in [-0.2, 0) is 12.8 Å². The average molecular weight is 266 g/mol. The highest BCUT2D eigenvalue weighted by Gasteiger charge is 2.15. The molecule has 2 aromatic carbocycles. The van der Waals surface area contributed by atoms with Gasteiger partial charge >= 0.3 is 5.97 Å². The Bertz CT molecular complexity index is 842. The topological polar surface area (TPSA) is 50.4 Å². The Balaban J connectivity index is 2.05. The Morgan fingerprint density at radius 3 is 2.45 bits per heavy atom. The van der Waals surface area contributed by atoms with Gasteiger partial charge in [0, 0.05) is 10.8 Å². The lowest BCUT2D eigenvalue weighted by Gasteiger charge is -2.16. The number of furan rings is 1. The second kappa shape index (κ2) is 4.10. The standard InChI is InChI=1S/C17H14O3/c18-17(19)15-9-13-6-5-12-7-10-3-1-2-4-11(10)8-14(12)16(13)20-15/h5-9H,1-4H2,(H,18,19). The number of benzene rings is 2. The van der Waals surface area contributed by atoms with Crippen LogP contribution >= 0.6 is 0 Å². The molecule has 1 aromatic heterocycles. The zero-order valence-electron chi connectivity index (χ0n) is 11.0. The van der Waals surface area contributed by atoms with E-state index in [0.29, 0.717) is 5.58 Å². The molecule has 3 heteroatoms. The minimum absolute atomic E-state index is 0.00483. The maximum atomic E-state index is 11.0. The second-order valence-corrected chi connectivity index (χ2v) is 5.45. The fourth-order valence-corrected chi connectivity index (χ4v) is 3.16. The molecule has 20 heavy (non-hydrogen) atoms. The zero-order chi connectivity index (χ0) is 13.7. The van der Waals surface area contributed by atoms with Crippen molar-refractivity contribution in [1.82, 2.24) is 0 Å². The molecule has 0 saturated heterocycles. The van der Waals surface area contributed by atoms with Gasteiger partial charge in [0.05, 0.1) is 0 Å². The molecule has 4 rings (SSSR count). The Labute approximate surface area is 115 Å². The van der Waals surface area contributed by atoms with Gasteiger partial charge in [-0.05, 0) is 54.3 Å². The van der Waals surface area contributed by atoms with Gasteiger partial charge in [0.1, 0.15) is 5.58 Å². The van der Waals surface area contributed by atoms with Crippen molar-refractivity contribution in [2.45, 2.75) is 25.7 Å². The van der Waals surface area contributed by atoms with Crippen molar-refractivity contribution in [3.63, 3.8) is 0 Å². The molecule has 3 nitrogen and oxygen atoms in total. The quantitative estimate of drug-likeness (QED) is 0.719. The summed E-state index contributed by atoms with van der Waals surface area (Å²) in [5.41, 5.74) is 3.49. The van der Waals surface area contributed by atoms with Crippen molar-refractivity contribution in [2.24, 2.45) is 0 Å². The molecule has 0 amide bonds. The normalized spacial score (nSPS) is 14.6. The van der Waals surface area contributed by atoms with Crippen LogP contribution in [0, 0.1) is 0 Å². The minimum Gasteiger partial charge on any atom is -0.475 e. The summed E-state index contributed by atoms with van der Waals surface area (Å²) < 4.78 is 5.53. The molecule has 0 radical (unpaired) electrons. The summed E-state index contributed by atoms with van der Waals surface area (Å²) in [5.74, 6) is -1.02. The highest BCUT2D eigenvalue weighted by molar-refractivity contribution is 6.06. The first-order valence-electron chi connectivity index (χ1n) is 6.94. The average Bonchev–Trinajstić information content (AvgIpc) is 2.90. The molecule has 1 heterocycles. The summed E-state index contributed by atoms with van der Waals surface area (Å²) in [4.78, 5) is 11.0. The maximum Gasteiger partial charge on any atom is 0.371 e. The largest absolute Gasteiger partial charge is 0.475 e. The Morgan fingerprint density at radius 1 is 1.00 bits per heavy atom. The van der Waals surface area contributed by atoms with Crippen molar-refractivity contribution < 1.29 is 14.3 Å². The van der Waals surface area contributed by atoms with E-state index in [1.54, 1.807) is 6.07 Å². The lowest BCUT2D eigenvalue weighted by Crippen LogP contribution is -2.02. The molecule has 1 aliphatic carbocycles. The van der Waals surface area contributed by atoms with Gasteiger partial charge in [0.25, 0.3) is 0 Å². The van der Waals surface area contributed by atoms with Crippen molar-refractivity contribution >= 4 is 27.7 Å². The van der Waals surface area contributed by atoms with Gasteiger partial charge in [-0.25, -0.2) is 4.79 Å². The predicted octanol–water partition coefficient (Wildman–Crippen LogP) is 4.16. The molecule has 0 aliphatic heterocycles. The highest BCUT2D eigenvalue weighted by Crippen LogP contribution is 2.32. The molecule has 0 fully saturated rings. The molecule has 0 unspecified atom stereocenters. The van der Waals surface area contributed by atoms with E-state index in [9.17, 15) is 4.79 Å². The molecular weight excluding hydrogens is 252 g/mol. The van der Waals surface area contributed by atoms with Gasteiger partial charge in [-0.15, -0.1) is 0 Å². The van der Waals surface area contributed by atoms with E-state index in [4.69, 9.17) is 9.52 Å². The summed E-state index contributed by atoms with van der Waals surface area (Å²) in [6, 6.07) is 9.99. The van der Waals surface area contributed by atoms with E-state index in [-0.39, 0.29) is 5.76 Å². The molecule has 0 spiro atoms.